The highest BCUT2D eigenvalue weighted by Gasteiger charge is 2.47. The Bertz CT molecular complexity index is 216. The molecule has 0 bridgehead atoms. The molecule has 0 aromatic rings. The molecule has 1 saturated carbocycles. The minimum atomic E-state index is 0.779. The van der Waals surface area contributed by atoms with Crippen LogP contribution in [0.2, 0.25) is 0 Å². The maximum Gasteiger partial charge on any atom is -0.0262 e. The highest BCUT2D eigenvalue weighted by Crippen LogP contribution is 2.53. The van der Waals surface area contributed by atoms with Crippen molar-refractivity contribution in [1.82, 2.24) is 0 Å². The largest absolute Gasteiger partial charge is 0.0880 e. The van der Waals surface area contributed by atoms with Gasteiger partial charge in [-0.1, -0.05) is 59.6 Å². The summed E-state index contributed by atoms with van der Waals surface area (Å²) in [6.07, 6.45) is 10.2. The monoisotopic (exact) mass is 222 g/mol. The maximum atomic E-state index is 2.45. The van der Waals surface area contributed by atoms with Crippen LogP contribution < -0.4 is 0 Å². The van der Waals surface area contributed by atoms with Crippen LogP contribution in [0.25, 0.3) is 0 Å². The first-order valence-corrected chi connectivity index (χ1v) is 7.28. The lowest BCUT2D eigenvalue weighted by molar-refractivity contribution is 0.450. The van der Waals surface area contributed by atoms with Gasteiger partial charge in [0.05, 0.1) is 0 Å². The summed E-state index contributed by atoms with van der Waals surface area (Å²) >= 11 is 0. The second-order valence-corrected chi connectivity index (χ2v) is 5.92. The van der Waals surface area contributed by atoms with E-state index in [2.05, 4.69) is 46.8 Å². The summed E-state index contributed by atoms with van der Waals surface area (Å²) in [5, 5.41) is 0. The van der Waals surface area contributed by atoms with Gasteiger partial charge in [-0.2, -0.15) is 0 Å². The molecule has 0 aliphatic heterocycles. The molecule has 0 amide bonds. The molecule has 0 aromatic heterocycles. The molecule has 0 nitrogen and oxygen atoms in total. The smallest absolute Gasteiger partial charge is 0.0262 e. The summed E-state index contributed by atoms with van der Waals surface area (Å²) in [7, 11) is 0. The van der Waals surface area contributed by atoms with Crippen molar-refractivity contribution in [3.8, 4) is 0 Å². The van der Waals surface area contributed by atoms with Gasteiger partial charge in [0, 0.05) is 0 Å². The van der Waals surface area contributed by atoms with E-state index in [0.717, 1.165) is 29.6 Å². The predicted molar refractivity (Wildman–Crippen MR) is 73.4 cm³/mol. The van der Waals surface area contributed by atoms with Crippen LogP contribution in [0.5, 0.6) is 0 Å². The molecular formula is C16H30. The highest BCUT2D eigenvalue weighted by molar-refractivity contribution is 5.01. The summed E-state index contributed by atoms with van der Waals surface area (Å²) in [6, 6.07) is 0. The van der Waals surface area contributed by atoms with Crippen LogP contribution in [0.4, 0.5) is 0 Å². The van der Waals surface area contributed by atoms with Gasteiger partial charge in [-0.15, -0.1) is 0 Å². The molecule has 1 aliphatic carbocycles. The fraction of sp³-hybridized carbons (Fsp3) is 0.875. The minimum Gasteiger partial charge on any atom is -0.0880 e. The van der Waals surface area contributed by atoms with Crippen molar-refractivity contribution in [3.05, 3.63) is 12.2 Å². The normalized spacial score (nSPS) is 32.9. The van der Waals surface area contributed by atoms with Crippen LogP contribution >= 0.6 is 0 Å². The molecule has 5 unspecified atom stereocenters. The van der Waals surface area contributed by atoms with Crippen LogP contribution in [-0.4, -0.2) is 0 Å². The lowest BCUT2D eigenvalue weighted by Gasteiger charge is -2.06. The van der Waals surface area contributed by atoms with E-state index in [-0.39, 0.29) is 0 Å². The van der Waals surface area contributed by atoms with E-state index in [1.807, 2.05) is 0 Å². The molecule has 0 heterocycles. The van der Waals surface area contributed by atoms with Gasteiger partial charge in [0.2, 0.25) is 0 Å². The molecular weight excluding hydrogens is 192 g/mol. The SMILES string of the molecule is CCCC(C)C=CCC1C(C)C1C(C)CC. The van der Waals surface area contributed by atoms with Crippen LogP contribution in [0.3, 0.4) is 0 Å². The molecule has 0 N–H and O–H groups in total. The van der Waals surface area contributed by atoms with E-state index >= 15 is 0 Å². The molecule has 0 aromatic carbocycles. The first kappa shape index (κ1) is 13.8. The highest BCUT2D eigenvalue weighted by atomic mass is 14.5. The Kier molecular flexibility index (Phi) is 5.58. The van der Waals surface area contributed by atoms with Crippen LogP contribution in [0.15, 0.2) is 12.2 Å². The fourth-order valence-electron chi connectivity index (χ4n) is 3.18. The van der Waals surface area contributed by atoms with E-state index in [1.165, 1.54) is 25.7 Å². The lowest BCUT2D eigenvalue weighted by atomic mass is 9.99. The molecule has 1 fully saturated rings. The minimum absolute atomic E-state index is 0.779. The molecule has 1 rings (SSSR count). The third kappa shape index (κ3) is 3.64. The van der Waals surface area contributed by atoms with E-state index in [4.69, 9.17) is 0 Å². The van der Waals surface area contributed by atoms with Crippen molar-refractivity contribution in [2.75, 3.05) is 0 Å². The third-order valence-electron chi connectivity index (χ3n) is 4.55. The fourth-order valence-corrected chi connectivity index (χ4v) is 3.18. The second-order valence-electron chi connectivity index (χ2n) is 5.92. The zero-order valence-corrected chi connectivity index (χ0v) is 11.9. The van der Waals surface area contributed by atoms with Crippen LogP contribution in [0.1, 0.15) is 60.3 Å². The Morgan fingerprint density at radius 2 is 1.88 bits per heavy atom. The first-order chi connectivity index (χ1) is 7.61. The summed E-state index contributed by atoms with van der Waals surface area (Å²) in [6.45, 7) is 11.8. The quantitative estimate of drug-likeness (QED) is 0.513. The summed E-state index contributed by atoms with van der Waals surface area (Å²) in [4.78, 5) is 0. The Hall–Kier alpha value is -0.260. The van der Waals surface area contributed by atoms with E-state index < -0.39 is 0 Å². The molecule has 94 valence electrons. The average molecular weight is 222 g/mol. The summed E-state index contributed by atoms with van der Waals surface area (Å²) < 4.78 is 0. The number of hydrogen-bond donors (Lipinski definition) is 0. The van der Waals surface area contributed by atoms with Gasteiger partial charge >= 0.3 is 0 Å². The Labute approximate surface area is 103 Å². The van der Waals surface area contributed by atoms with Crippen molar-refractivity contribution >= 4 is 0 Å². The van der Waals surface area contributed by atoms with Gasteiger partial charge in [0.15, 0.2) is 0 Å². The zero-order chi connectivity index (χ0) is 12.1. The second kappa shape index (κ2) is 6.47. The van der Waals surface area contributed by atoms with Crippen LogP contribution in [-0.2, 0) is 0 Å². The zero-order valence-electron chi connectivity index (χ0n) is 11.9. The Morgan fingerprint density at radius 3 is 2.44 bits per heavy atom. The van der Waals surface area contributed by atoms with Crippen molar-refractivity contribution in [2.45, 2.75) is 60.3 Å². The molecule has 5 atom stereocenters. The Balaban J connectivity index is 2.24. The third-order valence-corrected chi connectivity index (χ3v) is 4.55. The van der Waals surface area contributed by atoms with Crippen molar-refractivity contribution in [3.63, 3.8) is 0 Å². The van der Waals surface area contributed by atoms with Gasteiger partial charge < -0.3 is 0 Å². The molecule has 0 radical (unpaired) electrons. The van der Waals surface area contributed by atoms with Gasteiger partial charge in [-0.3, -0.25) is 0 Å². The van der Waals surface area contributed by atoms with Gasteiger partial charge in [-0.25, -0.2) is 0 Å². The molecule has 16 heavy (non-hydrogen) atoms. The van der Waals surface area contributed by atoms with E-state index in [1.54, 1.807) is 0 Å². The topological polar surface area (TPSA) is 0 Å². The van der Waals surface area contributed by atoms with Gasteiger partial charge in [0.25, 0.3) is 0 Å². The van der Waals surface area contributed by atoms with Gasteiger partial charge in [0.1, 0.15) is 0 Å². The van der Waals surface area contributed by atoms with Gasteiger partial charge in [-0.05, 0) is 42.4 Å². The number of rotatable bonds is 7. The molecule has 0 spiro atoms. The van der Waals surface area contributed by atoms with Crippen molar-refractivity contribution in [2.24, 2.45) is 29.6 Å². The maximum absolute atomic E-state index is 2.45. The van der Waals surface area contributed by atoms with Crippen molar-refractivity contribution < 1.29 is 0 Å². The van der Waals surface area contributed by atoms with Crippen LogP contribution in [0, 0.1) is 29.6 Å². The van der Waals surface area contributed by atoms with Crippen molar-refractivity contribution in [1.29, 1.82) is 0 Å². The molecule has 0 heteroatoms. The standard InChI is InChI=1S/C16H30/c1-6-9-12(3)10-8-11-15-14(5)16(15)13(4)7-2/h8,10,12-16H,6-7,9,11H2,1-5H3. The molecule has 0 saturated heterocycles. The van der Waals surface area contributed by atoms with E-state index in [0.29, 0.717) is 0 Å². The molecule has 1 aliphatic rings. The summed E-state index contributed by atoms with van der Waals surface area (Å²) in [5.41, 5.74) is 0. The number of hydrogen-bond acceptors (Lipinski definition) is 0. The lowest BCUT2D eigenvalue weighted by Crippen LogP contribution is -1.97. The van der Waals surface area contributed by atoms with E-state index in [9.17, 15) is 0 Å². The first-order valence-electron chi connectivity index (χ1n) is 7.28. The predicted octanol–water partition coefficient (Wildman–Crippen LogP) is 5.30. The number of allylic oxidation sites excluding steroid dienone is 2. The Morgan fingerprint density at radius 1 is 1.19 bits per heavy atom. The average Bonchev–Trinajstić information content (AvgIpc) is 2.89. The summed E-state index contributed by atoms with van der Waals surface area (Å²) in [5.74, 6) is 4.68.